The lowest BCUT2D eigenvalue weighted by Gasteiger charge is -2.20. The fourth-order valence-electron chi connectivity index (χ4n) is 3.50. The molecule has 0 heterocycles. The molecule has 0 saturated carbocycles. The molecular formula is C24H19NO4. The van der Waals surface area contributed by atoms with Crippen LogP contribution in [-0.4, -0.2) is 24.1 Å². The number of fused-ring (bicyclic) bond motifs is 2. The van der Waals surface area contributed by atoms with Crippen molar-refractivity contribution in [1.82, 2.24) is 0 Å². The van der Waals surface area contributed by atoms with E-state index in [0.717, 1.165) is 11.3 Å². The summed E-state index contributed by atoms with van der Waals surface area (Å²) in [6.45, 7) is 2.49. The van der Waals surface area contributed by atoms with Crippen LogP contribution in [0.25, 0.3) is 0 Å². The zero-order valence-corrected chi connectivity index (χ0v) is 15.9. The van der Waals surface area contributed by atoms with Crippen LogP contribution in [0.5, 0.6) is 5.75 Å². The molecule has 0 saturated heterocycles. The molecule has 3 aromatic rings. The Balaban J connectivity index is 1.58. The zero-order valence-electron chi connectivity index (χ0n) is 15.9. The Morgan fingerprint density at radius 2 is 1.48 bits per heavy atom. The summed E-state index contributed by atoms with van der Waals surface area (Å²) in [4.78, 5) is 38.4. The Kier molecular flexibility index (Phi) is 4.96. The number of carbonyl (C=O) groups is 3. The van der Waals surface area contributed by atoms with Gasteiger partial charge in [-0.1, -0.05) is 48.5 Å². The predicted octanol–water partition coefficient (Wildman–Crippen LogP) is 4.04. The van der Waals surface area contributed by atoms with Gasteiger partial charge in [-0.05, 0) is 30.7 Å². The molecule has 0 radical (unpaired) electrons. The highest BCUT2D eigenvalue weighted by atomic mass is 16.5. The van der Waals surface area contributed by atoms with Crippen LogP contribution in [0.1, 0.15) is 44.3 Å². The Bertz CT molecular complexity index is 1120. The number of amides is 1. The number of hydrogen-bond acceptors (Lipinski definition) is 4. The van der Waals surface area contributed by atoms with Gasteiger partial charge in [-0.25, -0.2) is 0 Å². The summed E-state index contributed by atoms with van der Waals surface area (Å²) in [7, 11) is 0. The highest BCUT2D eigenvalue weighted by Crippen LogP contribution is 2.32. The Morgan fingerprint density at radius 1 is 0.828 bits per heavy atom. The normalized spacial score (nSPS) is 12.2. The maximum Gasteiger partial charge on any atom is 0.228 e. The van der Waals surface area contributed by atoms with E-state index in [1.54, 1.807) is 42.5 Å². The first-order valence-corrected chi connectivity index (χ1v) is 9.41. The summed E-state index contributed by atoms with van der Waals surface area (Å²) in [5.41, 5.74) is 2.49. The second-order valence-corrected chi connectivity index (χ2v) is 6.73. The van der Waals surface area contributed by atoms with E-state index in [-0.39, 0.29) is 29.5 Å². The van der Waals surface area contributed by atoms with Crippen molar-refractivity contribution in [1.29, 1.82) is 0 Å². The summed E-state index contributed by atoms with van der Waals surface area (Å²) in [5, 5.41) is 2.80. The third-order valence-corrected chi connectivity index (χ3v) is 4.83. The Hall–Kier alpha value is -3.73. The maximum absolute atomic E-state index is 13.0. The number of ketones is 2. The minimum absolute atomic E-state index is 0.148. The van der Waals surface area contributed by atoms with Crippen molar-refractivity contribution in [2.75, 3.05) is 11.9 Å². The van der Waals surface area contributed by atoms with E-state index in [0.29, 0.717) is 29.0 Å². The molecule has 1 N–H and O–H groups in total. The molecule has 144 valence electrons. The van der Waals surface area contributed by atoms with Gasteiger partial charge in [0.25, 0.3) is 0 Å². The molecule has 0 aromatic heterocycles. The van der Waals surface area contributed by atoms with Crippen LogP contribution in [0.4, 0.5) is 5.69 Å². The SMILES string of the molecule is CCOc1ccc(CC(=O)Nc2cccc3c2C(=O)c2ccccc2C3=O)cc1. The Morgan fingerprint density at radius 3 is 2.17 bits per heavy atom. The van der Waals surface area contributed by atoms with Crippen LogP contribution in [0, 0.1) is 0 Å². The molecule has 0 unspecified atom stereocenters. The molecular weight excluding hydrogens is 366 g/mol. The lowest BCUT2D eigenvalue weighted by atomic mass is 9.83. The van der Waals surface area contributed by atoms with E-state index in [9.17, 15) is 14.4 Å². The first-order valence-electron chi connectivity index (χ1n) is 9.41. The topological polar surface area (TPSA) is 72.5 Å². The summed E-state index contributed by atoms with van der Waals surface area (Å²) < 4.78 is 5.40. The molecule has 3 aromatic carbocycles. The molecule has 1 aliphatic rings. The first-order chi connectivity index (χ1) is 14.1. The highest BCUT2D eigenvalue weighted by molar-refractivity contribution is 6.30. The van der Waals surface area contributed by atoms with Crippen molar-refractivity contribution in [2.45, 2.75) is 13.3 Å². The van der Waals surface area contributed by atoms with Crippen molar-refractivity contribution in [3.05, 3.63) is 94.5 Å². The Labute approximate surface area is 168 Å². The number of carbonyl (C=O) groups excluding carboxylic acids is 3. The minimum Gasteiger partial charge on any atom is -0.494 e. The molecule has 5 nitrogen and oxygen atoms in total. The molecule has 1 amide bonds. The van der Waals surface area contributed by atoms with Crippen molar-refractivity contribution < 1.29 is 19.1 Å². The first kappa shape index (κ1) is 18.6. The molecule has 1 aliphatic carbocycles. The molecule has 0 atom stereocenters. The average molecular weight is 385 g/mol. The van der Waals surface area contributed by atoms with Gasteiger partial charge in [0.1, 0.15) is 5.75 Å². The third-order valence-electron chi connectivity index (χ3n) is 4.83. The van der Waals surface area contributed by atoms with Crippen LogP contribution in [0.2, 0.25) is 0 Å². The number of ether oxygens (including phenoxy) is 1. The fourth-order valence-corrected chi connectivity index (χ4v) is 3.50. The molecule has 0 fully saturated rings. The van der Waals surface area contributed by atoms with Gasteiger partial charge in [0.15, 0.2) is 11.6 Å². The lowest BCUT2D eigenvalue weighted by molar-refractivity contribution is -0.115. The summed E-state index contributed by atoms with van der Waals surface area (Å²) in [6, 6.07) is 19.0. The second-order valence-electron chi connectivity index (χ2n) is 6.73. The van der Waals surface area contributed by atoms with Crippen molar-refractivity contribution >= 4 is 23.2 Å². The summed E-state index contributed by atoms with van der Waals surface area (Å²) >= 11 is 0. The van der Waals surface area contributed by atoms with Crippen molar-refractivity contribution in [3.8, 4) is 5.75 Å². The van der Waals surface area contributed by atoms with Crippen LogP contribution in [0.15, 0.2) is 66.7 Å². The predicted molar refractivity (Wildman–Crippen MR) is 110 cm³/mol. The van der Waals surface area contributed by atoms with Gasteiger partial charge in [0.05, 0.1) is 24.3 Å². The molecule has 0 bridgehead atoms. The quantitative estimate of drug-likeness (QED) is 0.563. The summed E-state index contributed by atoms with van der Waals surface area (Å²) in [5.74, 6) is 0.0169. The lowest BCUT2D eigenvalue weighted by Crippen LogP contribution is -2.24. The van der Waals surface area contributed by atoms with E-state index < -0.39 is 0 Å². The number of anilines is 1. The van der Waals surface area contributed by atoms with Crippen LogP contribution >= 0.6 is 0 Å². The maximum atomic E-state index is 13.0. The molecule has 5 heteroatoms. The average Bonchev–Trinajstić information content (AvgIpc) is 2.73. The largest absolute Gasteiger partial charge is 0.494 e. The molecule has 0 aliphatic heterocycles. The van der Waals surface area contributed by atoms with Crippen molar-refractivity contribution in [3.63, 3.8) is 0 Å². The van der Waals surface area contributed by atoms with E-state index in [1.807, 2.05) is 31.2 Å². The van der Waals surface area contributed by atoms with Gasteiger partial charge in [-0.15, -0.1) is 0 Å². The van der Waals surface area contributed by atoms with Crippen LogP contribution in [0.3, 0.4) is 0 Å². The van der Waals surface area contributed by atoms with Gasteiger partial charge in [0, 0.05) is 16.7 Å². The molecule has 0 spiro atoms. The van der Waals surface area contributed by atoms with E-state index >= 15 is 0 Å². The van der Waals surface area contributed by atoms with Crippen LogP contribution in [-0.2, 0) is 11.2 Å². The monoisotopic (exact) mass is 385 g/mol. The molecule has 4 rings (SSSR count). The number of benzene rings is 3. The number of nitrogens with one attached hydrogen (secondary N) is 1. The standard InChI is InChI=1S/C24H19NO4/c1-2-29-16-12-10-15(11-13-16)14-21(26)25-20-9-5-8-19-22(20)24(28)18-7-4-3-6-17(18)23(19)27/h3-13H,2,14H2,1H3,(H,25,26). The van der Waals surface area contributed by atoms with E-state index in [2.05, 4.69) is 5.32 Å². The van der Waals surface area contributed by atoms with E-state index in [4.69, 9.17) is 4.74 Å². The smallest absolute Gasteiger partial charge is 0.228 e. The van der Waals surface area contributed by atoms with Gasteiger partial charge >= 0.3 is 0 Å². The van der Waals surface area contributed by atoms with Gasteiger partial charge < -0.3 is 10.1 Å². The van der Waals surface area contributed by atoms with Gasteiger partial charge in [-0.2, -0.15) is 0 Å². The second kappa shape index (κ2) is 7.72. The third kappa shape index (κ3) is 3.55. The fraction of sp³-hybridized carbons (Fsp3) is 0.125. The van der Waals surface area contributed by atoms with Gasteiger partial charge in [0.2, 0.25) is 5.91 Å². The minimum atomic E-state index is -0.262. The number of hydrogen-bond donors (Lipinski definition) is 1. The zero-order chi connectivity index (χ0) is 20.4. The van der Waals surface area contributed by atoms with Crippen LogP contribution < -0.4 is 10.1 Å². The summed E-state index contributed by atoms with van der Waals surface area (Å²) in [6.07, 6.45) is 0.148. The van der Waals surface area contributed by atoms with Crippen molar-refractivity contribution in [2.24, 2.45) is 0 Å². The molecule has 29 heavy (non-hydrogen) atoms. The number of rotatable bonds is 5. The van der Waals surface area contributed by atoms with Gasteiger partial charge in [-0.3, -0.25) is 14.4 Å². The highest BCUT2D eigenvalue weighted by Gasteiger charge is 2.31. The van der Waals surface area contributed by atoms with E-state index in [1.165, 1.54) is 0 Å².